The summed E-state index contributed by atoms with van der Waals surface area (Å²) in [4.78, 5) is 28.7. The van der Waals surface area contributed by atoms with E-state index in [9.17, 15) is 28.2 Å². The molecule has 0 radical (unpaired) electrons. The Labute approximate surface area is 298 Å². The highest BCUT2D eigenvalue weighted by Crippen LogP contribution is 2.38. The molecule has 0 bridgehead atoms. The van der Waals surface area contributed by atoms with Gasteiger partial charge in [0.2, 0.25) is 16.8 Å². The van der Waals surface area contributed by atoms with Crippen LogP contribution >= 0.6 is 0 Å². The highest BCUT2D eigenvalue weighted by Gasteiger charge is 2.49. The highest BCUT2D eigenvalue weighted by molar-refractivity contribution is 7.89. The molecule has 51 heavy (non-hydrogen) atoms. The molecule has 280 valence electrons. The number of sulfonamides is 1. The minimum Gasteiger partial charge on any atom is -0.465 e. The maximum atomic E-state index is 14.5. The van der Waals surface area contributed by atoms with Crippen LogP contribution < -0.4 is 14.8 Å². The lowest BCUT2D eigenvalue weighted by atomic mass is 9.89. The molecule has 3 saturated heterocycles. The Bertz CT molecular complexity index is 1620. The lowest BCUT2D eigenvalue weighted by Gasteiger charge is -2.40. The van der Waals surface area contributed by atoms with Gasteiger partial charge in [-0.25, -0.2) is 18.0 Å². The molecule has 0 unspecified atom stereocenters. The van der Waals surface area contributed by atoms with Crippen LogP contribution in [0, 0.1) is 11.3 Å². The molecule has 4 heterocycles. The largest absolute Gasteiger partial charge is 0.465 e. The van der Waals surface area contributed by atoms with Crippen LogP contribution in [0.15, 0.2) is 53.4 Å². The topological polar surface area (TPSA) is 177 Å². The zero-order valence-electron chi connectivity index (χ0n) is 29.0. The van der Waals surface area contributed by atoms with E-state index in [4.69, 9.17) is 23.7 Å². The number of aliphatic hydroxyl groups excluding tert-OH is 1. The Morgan fingerprint density at radius 2 is 1.78 bits per heavy atom. The molecule has 0 aromatic heterocycles. The van der Waals surface area contributed by atoms with Gasteiger partial charge >= 0.3 is 12.1 Å². The SMILES string of the molecule is CC(C)(CCNC(=O)N1CCOCC1)CN(C[C@@H](O)[C@H](Cc1ccccc1)N(C(=O)O)[C@H]1CO[C@H]2OCC[C@H]21)S(=O)(=O)c1ccc2c(c1)OCO2. The van der Waals surface area contributed by atoms with Crippen LogP contribution in [-0.4, -0.2) is 135 Å². The minimum absolute atomic E-state index is 0.0333. The number of nitrogens with one attached hydrogen (secondary N) is 1. The van der Waals surface area contributed by atoms with Gasteiger partial charge in [0, 0.05) is 44.7 Å². The van der Waals surface area contributed by atoms with Gasteiger partial charge < -0.3 is 44.1 Å². The Morgan fingerprint density at radius 1 is 1.04 bits per heavy atom. The van der Waals surface area contributed by atoms with Crippen molar-refractivity contribution in [1.29, 1.82) is 0 Å². The number of urea groups is 1. The summed E-state index contributed by atoms with van der Waals surface area (Å²) in [6, 6.07) is 11.7. The molecular formula is C35H48N4O11S. The summed E-state index contributed by atoms with van der Waals surface area (Å²) in [6.45, 7) is 6.08. The normalized spacial score (nSPS) is 22.8. The number of amides is 3. The lowest BCUT2D eigenvalue weighted by molar-refractivity contribution is -0.0906. The molecule has 3 fully saturated rings. The molecule has 3 N–H and O–H groups in total. The average molecular weight is 733 g/mol. The Hall–Kier alpha value is -3.67. The van der Waals surface area contributed by atoms with Gasteiger partial charge in [0.25, 0.3) is 0 Å². The van der Waals surface area contributed by atoms with E-state index in [0.717, 1.165) is 5.56 Å². The number of hydrogen-bond acceptors (Lipinski definition) is 10. The second-order valence-electron chi connectivity index (χ2n) is 14.2. The molecule has 0 saturated carbocycles. The van der Waals surface area contributed by atoms with Crippen molar-refractivity contribution >= 4 is 22.1 Å². The van der Waals surface area contributed by atoms with Crippen molar-refractivity contribution in [2.45, 2.75) is 62.5 Å². The third kappa shape index (κ3) is 8.69. The van der Waals surface area contributed by atoms with Crippen LogP contribution in [0.4, 0.5) is 9.59 Å². The second kappa shape index (κ2) is 15.9. The second-order valence-corrected chi connectivity index (χ2v) is 16.1. The lowest BCUT2D eigenvalue weighted by Crippen LogP contribution is -2.58. The van der Waals surface area contributed by atoms with Gasteiger partial charge in [0.15, 0.2) is 17.8 Å². The van der Waals surface area contributed by atoms with Crippen LogP contribution in [0.2, 0.25) is 0 Å². The highest BCUT2D eigenvalue weighted by atomic mass is 32.2. The first-order valence-corrected chi connectivity index (χ1v) is 18.8. The minimum atomic E-state index is -4.28. The van der Waals surface area contributed by atoms with E-state index >= 15 is 0 Å². The Kier molecular flexibility index (Phi) is 11.6. The van der Waals surface area contributed by atoms with Gasteiger partial charge in [-0.1, -0.05) is 44.2 Å². The summed E-state index contributed by atoms with van der Waals surface area (Å²) in [5.41, 5.74) is 0.101. The van der Waals surface area contributed by atoms with Crippen molar-refractivity contribution in [3.05, 3.63) is 54.1 Å². The number of benzene rings is 2. The van der Waals surface area contributed by atoms with Crippen molar-refractivity contribution in [2.24, 2.45) is 11.3 Å². The fourth-order valence-electron chi connectivity index (χ4n) is 7.24. The zero-order valence-corrected chi connectivity index (χ0v) is 29.8. The van der Waals surface area contributed by atoms with Gasteiger partial charge in [-0.15, -0.1) is 0 Å². The summed E-state index contributed by atoms with van der Waals surface area (Å²) in [7, 11) is -4.28. The Morgan fingerprint density at radius 3 is 2.53 bits per heavy atom. The summed E-state index contributed by atoms with van der Waals surface area (Å²) < 4.78 is 57.9. The molecule has 4 aliphatic rings. The van der Waals surface area contributed by atoms with Crippen molar-refractivity contribution in [3.8, 4) is 11.5 Å². The molecule has 4 aliphatic heterocycles. The average Bonchev–Trinajstić information content (AvgIpc) is 3.87. The van der Waals surface area contributed by atoms with Crippen molar-refractivity contribution in [2.75, 3.05) is 65.9 Å². The van der Waals surface area contributed by atoms with Crippen LogP contribution in [-0.2, 0) is 30.7 Å². The predicted molar refractivity (Wildman–Crippen MR) is 183 cm³/mol. The van der Waals surface area contributed by atoms with Crippen molar-refractivity contribution < 1.29 is 51.9 Å². The number of hydrogen-bond donors (Lipinski definition) is 3. The molecule has 15 nitrogen and oxygen atoms in total. The van der Waals surface area contributed by atoms with Gasteiger partial charge in [0.05, 0.1) is 49.5 Å². The van der Waals surface area contributed by atoms with Gasteiger partial charge in [-0.2, -0.15) is 4.31 Å². The van der Waals surface area contributed by atoms with Crippen LogP contribution in [0.3, 0.4) is 0 Å². The number of fused-ring (bicyclic) bond motifs is 2. The van der Waals surface area contributed by atoms with Crippen molar-refractivity contribution in [1.82, 2.24) is 19.4 Å². The van der Waals surface area contributed by atoms with Gasteiger partial charge in [-0.05, 0) is 42.4 Å². The maximum absolute atomic E-state index is 14.5. The molecule has 6 rings (SSSR count). The predicted octanol–water partition coefficient (Wildman–Crippen LogP) is 2.58. The van der Waals surface area contributed by atoms with E-state index < -0.39 is 52.6 Å². The number of nitrogens with zero attached hydrogens (tertiary/aromatic N) is 3. The summed E-state index contributed by atoms with van der Waals surface area (Å²) in [5, 5.41) is 25.7. The Balaban J connectivity index is 1.27. The first-order chi connectivity index (χ1) is 24.4. The number of carbonyl (C=O) groups excluding carboxylic acids is 1. The van der Waals surface area contributed by atoms with E-state index in [1.807, 2.05) is 44.2 Å². The molecule has 2 aromatic carbocycles. The van der Waals surface area contributed by atoms with E-state index in [1.165, 1.54) is 27.4 Å². The fourth-order valence-corrected chi connectivity index (χ4v) is 8.90. The smallest absolute Gasteiger partial charge is 0.407 e. The van der Waals surface area contributed by atoms with Crippen LogP contribution in [0.1, 0.15) is 32.3 Å². The van der Waals surface area contributed by atoms with E-state index in [2.05, 4.69) is 5.32 Å². The quantitative estimate of drug-likeness (QED) is 0.260. The zero-order chi connectivity index (χ0) is 36.2. The molecule has 5 atom stereocenters. The molecule has 16 heteroatoms. The summed E-state index contributed by atoms with van der Waals surface area (Å²) in [5.74, 6) is 0.492. The fraction of sp³-hybridized carbons (Fsp3) is 0.600. The molecule has 0 spiro atoms. The van der Waals surface area contributed by atoms with E-state index in [-0.39, 0.29) is 49.0 Å². The summed E-state index contributed by atoms with van der Waals surface area (Å²) in [6.07, 6.45) is -2.05. The number of carboxylic acid groups (broad SMARTS) is 1. The van der Waals surface area contributed by atoms with Gasteiger partial charge in [-0.3, -0.25) is 4.90 Å². The van der Waals surface area contributed by atoms with E-state index in [0.29, 0.717) is 58.0 Å². The first kappa shape index (κ1) is 37.1. The maximum Gasteiger partial charge on any atom is 0.407 e. The monoisotopic (exact) mass is 732 g/mol. The third-order valence-electron chi connectivity index (χ3n) is 10.0. The standard InChI is InChI=1S/C35H48N4O11S/c1-35(2,11-12-36-33(41)37-13-16-46-17-14-37)22-38(51(44,45)25-8-9-30-31(19-25)50-23-49-30)20-29(40)27(18-24-6-4-3-5-7-24)39(34(42)43)28-21-48-32-26(28)10-15-47-32/h3-9,19,26-29,32,40H,10-18,20-23H2,1-2H3,(H,36,41)(H,42,43)/t26-,27-,28-,29+,32+/m0/s1. The first-order valence-electron chi connectivity index (χ1n) is 17.4. The number of morpholine rings is 1. The van der Waals surface area contributed by atoms with E-state index in [1.54, 1.807) is 4.90 Å². The number of ether oxygens (including phenoxy) is 5. The molecule has 2 aromatic rings. The molecule has 0 aliphatic carbocycles. The van der Waals surface area contributed by atoms with Crippen molar-refractivity contribution in [3.63, 3.8) is 0 Å². The molecule has 3 amide bonds. The van der Waals surface area contributed by atoms with Gasteiger partial charge in [0.1, 0.15) is 0 Å². The van der Waals surface area contributed by atoms with Crippen LogP contribution in [0.5, 0.6) is 11.5 Å². The molecular weight excluding hydrogens is 684 g/mol. The number of aliphatic hydroxyl groups is 1. The van der Waals surface area contributed by atoms with Crippen LogP contribution in [0.25, 0.3) is 0 Å². The number of carbonyl (C=O) groups is 2. The number of rotatable bonds is 14. The third-order valence-corrected chi connectivity index (χ3v) is 11.8. The summed E-state index contributed by atoms with van der Waals surface area (Å²) >= 11 is 0.